The third-order valence-electron chi connectivity index (χ3n) is 7.75. The molecule has 10 heteroatoms. The molecule has 0 saturated carbocycles. The number of hydrogen-bond donors (Lipinski definition) is 1. The van der Waals surface area contributed by atoms with Gasteiger partial charge in [-0.3, -0.25) is 4.90 Å². The van der Waals surface area contributed by atoms with Crippen molar-refractivity contribution >= 4 is 0 Å². The number of nitrogens with zero attached hydrogens (tertiary/aromatic N) is 4. The van der Waals surface area contributed by atoms with Crippen molar-refractivity contribution < 1.29 is 23.7 Å². The van der Waals surface area contributed by atoms with Crippen LogP contribution in [0.3, 0.4) is 0 Å². The predicted molar refractivity (Wildman–Crippen MR) is 174 cm³/mol. The summed E-state index contributed by atoms with van der Waals surface area (Å²) in [4.78, 5) is 2.42. The molecule has 1 aliphatic heterocycles. The average molecular weight is 618 g/mol. The van der Waals surface area contributed by atoms with Crippen LogP contribution in [0.15, 0.2) is 30.5 Å². The third-order valence-corrected chi connectivity index (χ3v) is 7.75. The number of rotatable bonds is 28. The molecule has 0 unspecified atom stereocenters. The Bertz CT molecular complexity index is 923. The first-order chi connectivity index (χ1) is 21.8. The van der Waals surface area contributed by atoms with E-state index in [-0.39, 0.29) is 0 Å². The molecule has 0 atom stereocenters. The zero-order chi connectivity index (χ0) is 30.8. The van der Waals surface area contributed by atoms with Crippen LogP contribution >= 0.6 is 0 Å². The summed E-state index contributed by atoms with van der Waals surface area (Å²) in [6.07, 6.45) is 15.3. The van der Waals surface area contributed by atoms with Crippen LogP contribution in [0.2, 0.25) is 0 Å². The van der Waals surface area contributed by atoms with Gasteiger partial charge in [-0.1, -0.05) is 82.1 Å². The molecular formula is C34H59N5O5. The highest BCUT2D eigenvalue weighted by atomic mass is 16.6. The summed E-state index contributed by atoms with van der Waals surface area (Å²) in [5, 5.41) is 11.8. The second-order valence-corrected chi connectivity index (χ2v) is 11.6. The van der Waals surface area contributed by atoms with Gasteiger partial charge in [0, 0.05) is 32.7 Å². The minimum absolute atomic E-state index is 0.414. The Morgan fingerprint density at radius 1 is 0.682 bits per heavy atom. The number of ether oxygens (including phenoxy) is 5. The second kappa shape index (κ2) is 25.2. The topological polar surface area (TPSA) is 92.1 Å². The lowest BCUT2D eigenvalue weighted by molar-refractivity contribution is -0.00646. The molecule has 1 aromatic carbocycles. The Hall–Kier alpha value is -2.08. The molecule has 0 bridgehead atoms. The Kier molecular flexibility index (Phi) is 20.8. The van der Waals surface area contributed by atoms with Gasteiger partial charge in [-0.25, -0.2) is 4.68 Å². The van der Waals surface area contributed by atoms with E-state index in [0.717, 1.165) is 69.4 Å². The molecule has 1 aliphatic rings. The molecule has 10 nitrogen and oxygen atoms in total. The van der Waals surface area contributed by atoms with Gasteiger partial charge in [0.15, 0.2) is 0 Å². The Morgan fingerprint density at radius 2 is 1.27 bits per heavy atom. The number of unbranched alkanes of at least 4 members (excludes halogenated alkanes) is 9. The standard InChI is InChI=1S/C34H59N5O5/c1-2-3-4-5-6-7-8-9-10-11-21-44-34-14-12-32(13-15-34)29-39-30-33(36-37-39)31-43-28-27-42-26-25-41-24-23-40-22-20-38-18-16-35-17-19-38/h12-15,30,35H,2-11,16-29,31H2,1H3. The molecule has 2 heterocycles. The van der Waals surface area contributed by atoms with Crippen molar-refractivity contribution in [3.05, 3.63) is 41.7 Å². The fourth-order valence-electron chi connectivity index (χ4n) is 5.10. The van der Waals surface area contributed by atoms with E-state index in [1.807, 2.05) is 23.0 Å². The number of aromatic nitrogens is 3. The zero-order valence-corrected chi connectivity index (χ0v) is 27.4. The molecule has 1 saturated heterocycles. The van der Waals surface area contributed by atoms with E-state index in [0.29, 0.717) is 52.8 Å². The summed E-state index contributed by atoms with van der Waals surface area (Å²) in [6, 6.07) is 8.27. The molecule has 0 radical (unpaired) electrons. The monoisotopic (exact) mass is 617 g/mol. The van der Waals surface area contributed by atoms with Crippen molar-refractivity contribution in [2.24, 2.45) is 0 Å². The Labute approximate surface area is 266 Å². The predicted octanol–water partition coefficient (Wildman–Crippen LogP) is 5.10. The highest BCUT2D eigenvalue weighted by Crippen LogP contribution is 2.15. The van der Waals surface area contributed by atoms with E-state index >= 15 is 0 Å². The largest absolute Gasteiger partial charge is 0.494 e. The highest BCUT2D eigenvalue weighted by Gasteiger charge is 2.08. The molecule has 1 aromatic heterocycles. The summed E-state index contributed by atoms with van der Waals surface area (Å²) in [5.41, 5.74) is 1.97. The van der Waals surface area contributed by atoms with Gasteiger partial charge in [-0.15, -0.1) is 5.10 Å². The summed E-state index contributed by atoms with van der Waals surface area (Å²) in [7, 11) is 0. The van der Waals surface area contributed by atoms with Crippen molar-refractivity contribution in [2.45, 2.75) is 84.3 Å². The second-order valence-electron chi connectivity index (χ2n) is 11.6. The first kappa shape index (κ1) is 36.4. The lowest BCUT2D eigenvalue weighted by atomic mass is 10.1. The van der Waals surface area contributed by atoms with Gasteiger partial charge >= 0.3 is 0 Å². The Morgan fingerprint density at radius 3 is 1.93 bits per heavy atom. The van der Waals surface area contributed by atoms with Crippen LogP contribution < -0.4 is 10.1 Å². The van der Waals surface area contributed by atoms with Crippen LogP contribution in [0.25, 0.3) is 0 Å². The van der Waals surface area contributed by atoms with E-state index < -0.39 is 0 Å². The number of benzene rings is 1. The molecule has 1 N–H and O–H groups in total. The van der Waals surface area contributed by atoms with Crippen molar-refractivity contribution in [1.82, 2.24) is 25.2 Å². The maximum atomic E-state index is 5.94. The normalized spacial score (nSPS) is 13.9. The lowest BCUT2D eigenvalue weighted by Crippen LogP contribution is -2.44. The lowest BCUT2D eigenvalue weighted by Gasteiger charge is -2.26. The maximum Gasteiger partial charge on any atom is 0.119 e. The molecule has 0 spiro atoms. The highest BCUT2D eigenvalue weighted by molar-refractivity contribution is 5.27. The fourth-order valence-corrected chi connectivity index (χ4v) is 5.10. The van der Waals surface area contributed by atoms with E-state index in [4.69, 9.17) is 23.7 Å². The average Bonchev–Trinajstić information content (AvgIpc) is 3.50. The molecule has 44 heavy (non-hydrogen) atoms. The smallest absolute Gasteiger partial charge is 0.119 e. The van der Waals surface area contributed by atoms with Crippen LogP contribution in [0.5, 0.6) is 5.75 Å². The molecule has 1 fully saturated rings. The summed E-state index contributed by atoms with van der Waals surface area (Å²) in [5.74, 6) is 0.928. The fraction of sp³-hybridized carbons (Fsp3) is 0.765. The van der Waals surface area contributed by atoms with Crippen LogP contribution in [-0.4, -0.2) is 105 Å². The summed E-state index contributed by atoms with van der Waals surface area (Å²) < 4.78 is 30.3. The molecule has 0 amide bonds. The van der Waals surface area contributed by atoms with Crippen LogP contribution in [0.4, 0.5) is 0 Å². The van der Waals surface area contributed by atoms with Gasteiger partial charge in [0.05, 0.1) is 72.2 Å². The van der Waals surface area contributed by atoms with Crippen LogP contribution in [0.1, 0.15) is 82.4 Å². The minimum Gasteiger partial charge on any atom is -0.494 e. The van der Waals surface area contributed by atoms with Gasteiger partial charge in [0.2, 0.25) is 0 Å². The quantitative estimate of drug-likeness (QED) is 0.131. The van der Waals surface area contributed by atoms with E-state index in [9.17, 15) is 0 Å². The third kappa shape index (κ3) is 18.0. The molecule has 0 aliphatic carbocycles. The SMILES string of the molecule is CCCCCCCCCCCCOc1ccc(Cn2cc(COCCOCCOCCOCCN3CCNCC3)nn2)cc1. The van der Waals surface area contributed by atoms with Crippen LogP contribution in [0, 0.1) is 0 Å². The zero-order valence-electron chi connectivity index (χ0n) is 27.4. The molecular weight excluding hydrogens is 558 g/mol. The van der Waals surface area contributed by atoms with Crippen molar-refractivity contribution in [3.63, 3.8) is 0 Å². The maximum absolute atomic E-state index is 5.94. The van der Waals surface area contributed by atoms with Crippen molar-refractivity contribution in [1.29, 1.82) is 0 Å². The number of hydrogen-bond acceptors (Lipinski definition) is 9. The molecule has 2 aromatic rings. The number of piperazine rings is 1. The van der Waals surface area contributed by atoms with E-state index in [2.05, 4.69) is 39.6 Å². The minimum atomic E-state index is 0.414. The van der Waals surface area contributed by atoms with Crippen molar-refractivity contribution in [3.8, 4) is 5.75 Å². The van der Waals surface area contributed by atoms with Crippen LogP contribution in [-0.2, 0) is 32.1 Å². The van der Waals surface area contributed by atoms with Gasteiger partial charge in [-0.2, -0.15) is 0 Å². The van der Waals surface area contributed by atoms with Gasteiger partial charge in [-0.05, 0) is 24.1 Å². The summed E-state index contributed by atoms with van der Waals surface area (Å²) in [6.45, 7) is 13.6. The van der Waals surface area contributed by atoms with E-state index in [1.54, 1.807) is 0 Å². The van der Waals surface area contributed by atoms with Gasteiger partial charge in [0.25, 0.3) is 0 Å². The van der Waals surface area contributed by atoms with Gasteiger partial charge in [0.1, 0.15) is 11.4 Å². The number of nitrogens with one attached hydrogen (secondary N) is 1. The van der Waals surface area contributed by atoms with E-state index in [1.165, 1.54) is 57.8 Å². The molecule has 3 rings (SSSR count). The first-order valence-corrected chi connectivity index (χ1v) is 17.2. The molecule has 250 valence electrons. The van der Waals surface area contributed by atoms with Crippen molar-refractivity contribution in [2.75, 3.05) is 85.6 Å². The Balaban J connectivity index is 1.10. The first-order valence-electron chi connectivity index (χ1n) is 17.2. The summed E-state index contributed by atoms with van der Waals surface area (Å²) >= 11 is 0. The van der Waals surface area contributed by atoms with Gasteiger partial charge < -0.3 is 29.0 Å².